The Labute approximate surface area is 108 Å². The maximum absolute atomic E-state index is 4.16. The summed E-state index contributed by atoms with van der Waals surface area (Å²) in [5, 5.41) is 3.61. The van der Waals surface area contributed by atoms with Gasteiger partial charge in [-0.15, -0.1) is 0 Å². The molecule has 92 valence electrons. The van der Waals surface area contributed by atoms with Crippen molar-refractivity contribution in [2.45, 2.75) is 25.8 Å². The maximum Gasteiger partial charge on any atom is 0.0542 e. The van der Waals surface area contributed by atoms with Crippen molar-refractivity contribution < 1.29 is 0 Å². The van der Waals surface area contributed by atoms with Crippen LogP contribution in [0.2, 0.25) is 0 Å². The third-order valence-electron chi connectivity index (χ3n) is 3.51. The van der Waals surface area contributed by atoms with Gasteiger partial charge in [0.1, 0.15) is 0 Å². The summed E-state index contributed by atoms with van der Waals surface area (Å²) in [6.07, 6.45) is 6.35. The van der Waals surface area contributed by atoms with Crippen LogP contribution in [0.4, 0.5) is 5.69 Å². The number of anilines is 1. The van der Waals surface area contributed by atoms with Gasteiger partial charge in [-0.05, 0) is 43.4 Å². The lowest BCUT2D eigenvalue weighted by molar-refractivity contribution is 0.678. The van der Waals surface area contributed by atoms with E-state index < -0.39 is 0 Å². The standard InChI is InChI=1S/C16H18N2/c1-12-4-6-13(7-5-12)16(14-8-9-14)18-15-3-2-10-17-11-15/h2-7,10-11,14,16,18H,8-9H2,1H3. The van der Waals surface area contributed by atoms with Crippen molar-refractivity contribution in [1.29, 1.82) is 0 Å². The fourth-order valence-corrected chi connectivity index (χ4v) is 2.30. The molecule has 1 aromatic carbocycles. The molecule has 0 amide bonds. The molecule has 2 heteroatoms. The van der Waals surface area contributed by atoms with E-state index in [1.165, 1.54) is 24.0 Å². The van der Waals surface area contributed by atoms with Crippen molar-refractivity contribution >= 4 is 5.69 Å². The van der Waals surface area contributed by atoms with Gasteiger partial charge in [0.2, 0.25) is 0 Å². The van der Waals surface area contributed by atoms with Crippen LogP contribution in [0.5, 0.6) is 0 Å². The summed E-state index contributed by atoms with van der Waals surface area (Å²) < 4.78 is 0. The van der Waals surface area contributed by atoms with E-state index in [1.54, 1.807) is 0 Å². The second-order valence-corrected chi connectivity index (χ2v) is 5.11. The van der Waals surface area contributed by atoms with Gasteiger partial charge in [0, 0.05) is 12.4 Å². The number of aromatic nitrogens is 1. The van der Waals surface area contributed by atoms with Gasteiger partial charge in [-0.2, -0.15) is 0 Å². The zero-order valence-electron chi connectivity index (χ0n) is 10.6. The van der Waals surface area contributed by atoms with E-state index in [0.717, 1.165) is 11.6 Å². The van der Waals surface area contributed by atoms with Gasteiger partial charge < -0.3 is 5.32 Å². The Bertz CT molecular complexity index is 500. The Kier molecular flexibility index (Phi) is 3.01. The van der Waals surface area contributed by atoms with Crippen molar-refractivity contribution in [3.05, 3.63) is 59.9 Å². The van der Waals surface area contributed by atoms with E-state index in [2.05, 4.69) is 47.6 Å². The molecule has 0 saturated heterocycles. The van der Waals surface area contributed by atoms with E-state index in [1.807, 2.05) is 18.5 Å². The van der Waals surface area contributed by atoms with Crippen molar-refractivity contribution in [2.24, 2.45) is 5.92 Å². The lowest BCUT2D eigenvalue weighted by Crippen LogP contribution is -2.12. The van der Waals surface area contributed by atoms with Crippen molar-refractivity contribution in [3.63, 3.8) is 0 Å². The Morgan fingerprint density at radius 3 is 2.56 bits per heavy atom. The van der Waals surface area contributed by atoms with Crippen LogP contribution in [-0.2, 0) is 0 Å². The number of nitrogens with zero attached hydrogens (tertiary/aromatic N) is 1. The minimum atomic E-state index is 0.426. The van der Waals surface area contributed by atoms with Gasteiger partial charge >= 0.3 is 0 Å². The van der Waals surface area contributed by atoms with Gasteiger partial charge in [-0.3, -0.25) is 4.98 Å². The van der Waals surface area contributed by atoms with Crippen LogP contribution in [0.3, 0.4) is 0 Å². The number of hydrogen-bond acceptors (Lipinski definition) is 2. The molecule has 0 aliphatic heterocycles. The predicted molar refractivity (Wildman–Crippen MR) is 74.5 cm³/mol. The minimum Gasteiger partial charge on any atom is -0.377 e. The van der Waals surface area contributed by atoms with Crippen LogP contribution in [0, 0.1) is 12.8 Å². The molecule has 1 atom stereocenters. The summed E-state index contributed by atoms with van der Waals surface area (Å²) in [6.45, 7) is 2.13. The predicted octanol–water partition coefficient (Wildman–Crippen LogP) is 3.95. The molecule has 3 rings (SSSR count). The number of nitrogens with one attached hydrogen (secondary N) is 1. The lowest BCUT2D eigenvalue weighted by Gasteiger charge is -2.20. The van der Waals surface area contributed by atoms with Crippen LogP contribution in [0.15, 0.2) is 48.8 Å². The lowest BCUT2D eigenvalue weighted by atomic mass is 10.0. The van der Waals surface area contributed by atoms with Crippen LogP contribution in [0.1, 0.15) is 30.0 Å². The van der Waals surface area contributed by atoms with E-state index in [-0.39, 0.29) is 0 Å². The highest BCUT2D eigenvalue weighted by Crippen LogP contribution is 2.42. The average Bonchev–Trinajstić information content (AvgIpc) is 3.23. The normalized spacial score (nSPS) is 16.3. The number of benzene rings is 1. The van der Waals surface area contributed by atoms with Gasteiger partial charge in [-0.1, -0.05) is 29.8 Å². The molecule has 1 saturated carbocycles. The highest BCUT2D eigenvalue weighted by atomic mass is 14.9. The summed E-state index contributed by atoms with van der Waals surface area (Å²) in [7, 11) is 0. The van der Waals surface area contributed by atoms with Gasteiger partial charge in [0.25, 0.3) is 0 Å². The molecule has 1 unspecified atom stereocenters. The average molecular weight is 238 g/mol. The third-order valence-corrected chi connectivity index (χ3v) is 3.51. The topological polar surface area (TPSA) is 24.9 Å². The number of hydrogen-bond donors (Lipinski definition) is 1. The van der Waals surface area contributed by atoms with E-state index >= 15 is 0 Å². The summed E-state index contributed by atoms with van der Waals surface area (Å²) in [4.78, 5) is 4.16. The van der Waals surface area contributed by atoms with Crippen LogP contribution >= 0.6 is 0 Å². The number of rotatable bonds is 4. The quantitative estimate of drug-likeness (QED) is 0.872. The zero-order chi connectivity index (χ0) is 12.4. The molecule has 18 heavy (non-hydrogen) atoms. The molecule has 1 heterocycles. The molecule has 1 fully saturated rings. The molecular weight excluding hydrogens is 220 g/mol. The van der Waals surface area contributed by atoms with Crippen LogP contribution < -0.4 is 5.32 Å². The Hall–Kier alpha value is -1.83. The molecule has 1 N–H and O–H groups in total. The monoisotopic (exact) mass is 238 g/mol. The Morgan fingerprint density at radius 2 is 1.94 bits per heavy atom. The van der Waals surface area contributed by atoms with E-state index in [9.17, 15) is 0 Å². The highest BCUT2D eigenvalue weighted by molar-refractivity contribution is 5.44. The van der Waals surface area contributed by atoms with Crippen LogP contribution in [0.25, 0.3) is 0 Å². The maximum atomic E-state index is 4.16. The second kappa shape index (κ2) is 4.81. The second-order valence-electron chi connectivity index (χ2n) is 5.11. The van der Waals surface area contributed by atoms with Gasteiger partial charge in [0.05, 0.1) is 11.7 Å². The Balaban J connectivity index is 1.82. The molecular formula is C16H18N2. The fourth-order valence-electron chi connectivity index (χ4n) is 2.30. The molecule has 1 aromatic heterocycles. The first-order chi connectivity index (χ1) is 8.83. The number of aryl methyl sites for hydroxylation is 1. The zero-order valence-corrected chi connectivity index (χ0v) is 10.6. The first kappa shape index (κ1) is 11.3. The smallest absolute Gasteiger partial charge is 0.0542 e. The summed E-state index contributed by atoms with van der Waals surface area (Å²) in [5.74, 6) is 0.771. The van der Waals surface area contributed by atoms with E-state index in [0.29, 0.717) is 6.04 Å². The van der Waals surface area contributed by atoms with E-state index in [4.69, 9.17) is 0 Å². The van der Waals surface area contributed by atoms with Crippen LogP contribution in [-0.4, -0.2) is 4.98 Å². The van der Waals surface area contributed by atoms with Crippen molar-refractivity contribution in [1.82, 2.24) is 4.98 Å². The van der Waals surface area contributed by atoms with Gasteiger partial charge in [-0.25, -0.2) is 0 Å². The van der Waals surface area contributed by atoms with Crippen molar-refractivity contribution in [2.75, 3.05) is 5.32 Å². The fraction of sp³-hybridized carbons (Fsp3) is 0.312. The minimum absolute atomic E-state index is 0.426. The SMILES string of the molecule is Cc1ccc(C(Nc2cccnc2)C2CC2)cc1. The molecule has 2 nitrogen and oxygen atoms in total. The first-order valence-corrected chi connectivity index (χ1v) is 6.56. The molecule has 0 bridgehead atoms. The molecule has 1 aliphatic rings. The summed E-state index contributed by atoms with van der Waals surface area (Å²) in [5.41, 5.74) is 3.80. The number of pyridine rings is 1. The molecule has 0 radical (unpaired) electrons. The summed E-state index contributed by atoms with van der Waals surface area (Å²) in [6, 6.07) is 13.3. The largest absolute Gasteiger partial charge is 0.377 e. The first-order valence-electron chi connectivity index (χ1n) is 6.56. The Morgan fingerprint density at radius 1 is 1.17 bits per heavy atom. The molecule has 0 spiro atoms. The molecule has 2 aromatic rings. The van der Waals surface area contributed by atoms with Gasteiger partial charge in [0.15, 0.2) is 0 Å². The third kappa shape index (κ3) is 2.53. The summed E-state index contributed by atoms with van der Waals surface area (Å²) >= 11 is 0. The highest BCUT2D eigenvalue weighted by Gasteiger charge is 2.32. The molecule has 1 aliphatic carbocycles. The van der Waals surface area contributed by atoms with Crippen molar-refractivity contribution in [3.8, 4) is 0 Å².